The quantitative estimate of drug-likeness (QED) is 0.792. The van der Waals surface area contributed by atoms with Crippen LogP contribution in [0.3, 0.4) is 0 Å². The number of esters is 1. The van der Waals surface area contributed by atoms with E-state index in [1.807, 2.05) is 6.07 Å². The summed E-state index contributed by atoms with van der Waals surface area (Å²) in [5.41, 5.74) is 1.30. The minimum absolute atomic E-state index is 0.0241. The molecule has 3 nitrogen and oxygen atoms in total. The minimum atomic E-state index is -0.0365. The summed E-state index contributed by atoms with van der Waals surface area (Å²) in [5, 5.41) is 0. The first-order chi connectivity index (χ1) is 9.72. The molecule has 6 atom stereocenters. The first kappa shape index (κ1) is 12.4. The van der Waals surface area contributed by atoms with Gasteiger partial charge in [-0.2, -0.15) is 0 Å². The first-order valence-corrected chi connectivity index (χ1v) is 7.62. The van der Waals surface area contributed by atoms with Crippen molar-refractivity contribution in [1.29, 1.82) is 0 Å². The van der Waals surface area contributed by atoms with E-state index in [2.05, 4.69) is 36.1 Å². The third-order valence-corrected chi connectivity index (χ3v) is 5.73. The van der Waals surface area contributed by atoms with Crippen molar-refractivity contribution in [3.8, 4) is 0 Å². The van der Waals surface area contributed by atoms with E-state index in [1.165, 1.54) is 25.5 Å². The lowest BCUT2D eigenvalue weighted by Crippen LogP contribution is -2.48. The number of fused-ring (bicyclic) bond motifs is 5. The molecule has 2 bridgehead atoms. The van der Waals surface area contributed by atoms with Gasteiger partial charge >= 0.3 is 5.97 Å². The number of likely N-dealkylation sites (tertiary alicyclic amines) is 1. The van der Waals surface area contributed by atoms with E-state index in [1.54, 1.807) is 0 Å². The van der Waals surface area contributed by atoms with Crippen LogP contribution < -0.4 is 0 Å². The number of nitrogens with zero attached hydrogens (tertiary/aromatic N) is 1. The summed E-state index contributed by atoms with van der Waals surface area (Å²) in [6.45, 7) is 2.23. The summed E-state index contributed by atoms with van der Waals surface area (Å²) in [6.07, 6.45) is 2.51. The van der Waals surface area contributed by atoms with Crippen molar-refractivity contribution in [2.45, 2.75) is 37.9 Å². The van der Waals surface area contributed by atoms with Crippen molar-refractivity contribution in [2.75, 3.05) is 7.11 Å². The molecule has 1 aromatic rings. The standard InChI is InChI=1S/C17H21NO2/c1-10(11-6-4-3-5-7-11)18-15-9-14(12-8-13(12)15)16(18)17(19)20-2/h3-7,10,12-16H,8-9H2,1-2H3/t10-,12-,13?,14?,15+,16+/m1/s1. The molecule has 0 N–H and O–H groups in total. The summed E-state index contributed by atoms with van der Waals surface area (Å²) in [6, 6.07) is 11.4. The zero-order valence-corrected chi connectivity index (χ0v) is 12.0. The fraction of sp³-hybridized carbons (Fsp3) is 0.588. The second-order valence-electron chi connectivity index (χ2n) is 6.53. The molecule has 1 heterocycles. The van der Waals surface area contributed by atoms with Gasteiger partial charge in [0.2, 0.25) is 0 Å². The maximum Gasteiger partial charge on any atom is 0.323 e. The molecular weight excluding hydrogens is 250 g/mol. The maximum absolute atomic E-state index is 12.3. The largest absolute Gasteiger partial charge is 0.468 e. The average Bonchev–Trinajstić information content (AvgIpc) is 3.12. The summed E-state index contributed by atoms with van der Waals surface area (Å²) < 4.78 is 5.09. The van der Waals surface area contributed by atoms with Gasteiger partial charge in [0.25, 0.3) is 0 Å². The van der Waals surface area contributed by atoms with Crippen molar-refractivity contribution < 1.29 is 9.53 Å². The lowest BCUT2D eigenvalue weighted by atomic mass is 9.94. The molecule has 3 heteroatoms. The van der Waals surface area contributed by atoms with E-state index in [9.17, 15) is 4.79 Å². The van der Waals surface area contributed by atoms with Crippen LogP contribution in [0.5, 0.6) is 0 Å². The molecule has 0 amide bonds. The molecular formula is C17H21NO2. The average molecular weight is 271 g/mol. The number of rotatable bonds is 3. The normalized spacial score (nSPS) is 39.4. The molecule has 20 heavy (non-hydrogen) atoms. The van der Waals surface area contributed by atoms with E-state index >= 15 is 0 Å². The Morgan fingerprint density at radius 3 is 2.65 bits per heavy atom. The highest BCUT2D eigenvalue weighted by Crippen LogP contribution is 2.64. The number of hydrogen-bond donors (Lipinski definition) is 0. The van der Waals surface area contributed by atoms with Crippen molar-refractivity contribution in [1.82, 2.24) is 4.90 Å². The molecule has 1 aromatic carbocycles. The molecule has 2 aliphatic carbocycles. The molecule has 4 rings (SSSR count). The van der Waals surface area contributed by atoms with Gasteiger partial charge in [-0.15, -0.1) is 0 Å². The molecule has 3 aliphatic rings. The van der Waals surface area contributed by atoms with Crippen molar-refractivity contribution >= 4 is 5.97 Å². The number of carbonyl (C=O) groups excluding carboxylic acids is 1. The third kappa shape index (κ3) is 1.59. The van der Waals surface area contributed by atoms with Crippen LogP contribution in [0.2, 0.25) is 0 Å². The Bertz CT molecular complexity index is 529. The number of benzene rings is 1. The highest BCUT2D eigenvalue weighted by molar-refractivity contribution is 5.77. The van der Waals surface area contributed by atoms with Crippen molar-refractivity contribution in [3.63, 3.8) is 0 Å². The monoisotopic (exact) mass is 271 g/mol. The molecule has 0 spiro atoms. The van der Waals surface area contributed by atoms with Crippen LogP contribution in [-0.4, -0.2) is 30.1 Å². The summed E-state index contributed by atoms with van der Waals surface area (Å²) in [4.78, 5) is 14.7. The lowest BCUT2D eigenvalue weighted by molar-refractivity contribution is -0.150. The van der Waals surface area contributed by atoms with E-state index in [4.69, 9.17) is 4.74 Å². The van der Waals surface area contributed by atoms with Crippen molar-refractivity contribution in [2.24, 2.45) is 17.8 Å². The molecule has 2 saturated carbocycles. The Morgan fingerprint density at radius 1 is 1.20 bits per heavy atom. The predicted octanol–water partition coefficient (Wildman–Crippen LogP) is 2.63. The number of carbonyl (C=O) groups is 1. The van der Waals surface area contributed by atoms with Crippen LogP contribution in [0.4, 0.5) is 0 Å². The van der Waals surface area contributed by atoms with Crippen molar-refractivity contribution in [3.05, 3.63) is 35.9 Å². The van der Waals surface area contributed by atoms with Gasteiger partial charge in [0.05, 0.1) is 7.11 Å². The van der Waals surface area contributed by atoms with Crippen LogP contribution in [0, 0.1) is 17.8 Å². The Hall–Kier alpha value is -1.35. The van der Waals surface area contributed by atoms with E-state index < -0.39 is 0 Å². The lowest BCUT2D eigenvalue weighted by Gasteiger charge is -2.38. The predicted molar refractivity (Wildman–Crippen MR) is 76.0 cm³/mol. The Labute approximate surface area is 119 Å². The zero-order chi connectivity index (χ0) is 13.9. The molecule has 106 valence electrons. The summed E-state index contributed by atoms with van der Waals surface area (Å²) >= 11 is 0. The van der Waals surface area contributed by atoms with Gasteiger partial charge in [-0.25, -0.2) is 0 Å². The number of ether oxygens (including phenoxy) is 1. The van der Waals surface area contributed by atoms with Crippen LogP contribution in [0.1, 0.15) is 31.4 Å². The highest BCUT2D eigenvalue weighted by Gasteiger charge is 2.67. The van der Waals surface area contributed by atoms with Crippen LogP contribution in [-0.2, 0) is 9.53 Å². The van der Waals surface area contributed by atoms with Gasteiger partial charge in [0, 0.05) is 12.1 Å². The molecule has 1 aliphatic heterocycles. The van der Waals surface area contributed by atoms with Gasteiger partial charge < -0.3 is 4.74 Å². The highest BCUT2D eigenvalue weighted by atomic mass is 16.5. The van der Waals surface area contributed by atoms with Gasteiger partial charge in [-0.1, -0.05) is 30.3 Å². The SMILES string of the molecule is COC(=O)[C@@H]1C2C[C@@H](C3C[C@@H]23)N1[C@H](C)c1ccccc1. The second-order valence-corrected chi connectivity index (χ2v) is 6.53. The Kier molecular flexibility index (Phi) is 2.68. The molecule has 0 aromatic heterocycles. The molecule has 3 fully saturated rings. The topological polar surface area (TPSA) is 29.5 Å². The number of hydrogen-bond acceptors (Lipinski definition) is 3. The van der Waals surface area contributed by atoms with Crippen LogP contribution >= 0.6 is 0 Å². The Balaban J connectivity index is 1.67. The molecule has 1 saturated heterocycles. The Morgan fingerprint density at radius 2 is 1.95 bits per heavy atom. The second kappa shape index (κ2) is 4.32. The number of methoxy groups -OCH3 is 1. The van der Waals surface area contributed by atoms with Gasteiger partial charge in [-0.05, 0) is 43.1 Å². The van der Waals surface area contributed by atoms with Gasteiger partial charge in [0.15, 0.2) is 0 Å². The minimum Gasteiger partial charge on any atom is -0.468 e. The number of piperidine rings is 1. The van der Waals surface area contributed by atoms with Crippen LogP contribution in [0.15, 0.2) is 30.3 Å². The smallest absolute Gasteiger partial charge is 0.323 e. The van der Waals surface area contributed by atoms with E-state index in [0.717, 1.165) is 11.8 Å². The van der Waals surface area contributed by atoms with Gasteiger partial charge in [-0.3, -0.25) is 9.69 Å². The fourth-order valence-corrected chi connectivity index (χ4v) is 4.78. The van der Waals surface area contributed by atoms with Crippen LogP contribution in [0.25, 0.3) is 0 Å². The first-order valence-electron chi connectivity index (χ1n) is 7.62. The summed E-state index contributed by atoms with van der Waals surface area (Å²) in [5.74, 6) is 2.13. The zero-order valence-electron chi connectivity index (χ0n) is 12.0. The molecule has 0 radical (unpaired) electrons. The fourth-order valence-electron chi connectivity index (χ4n) is 4.78. The van der Waals surface area contributed by atoms with Gasteiger partial charge in [0.1, 0.15) is 6.04 Å². The third-order valence-electron chi connectivity index (χ3n) is 5.73. The van der Waals surface area contributed by atoms with E-state index in [0.29, 0.717) is 12.0 Å². The summed E-state index contributed by atoms with van der Waals surface area (Å²) in [7, 11) is 1.52. The maximum atomic E-state index is 12.3. The van der Waals surface area contributed by atoms with E-state index in [-0.39, 0.29) is 18.1 Å². The molecule has 2 unspecified atom stereocenters.